The number of carbonyl (C=O) groups is 1. The van der Waals surface area contributed by atoms with E-state index in [4.69, 9.17) is 14.6 Å². The number of carboxylic acid groups (broad SMARTS) is 1. The van der Waals surface area contributed by atoms with Crippen LogP contribution >= 0.6 is 0 Å². The Bertz CT molecular complexity index is 233. The second kappa shape index (κ2) is 9.30. The Morgan fingerprint density at radius 3 is 2.44 bits per heavy atom. The Hall–Kier alpha value is -0.650. The molecule has 0 fully saturated rings. The molecule has 108 valence electrons. The lowest BCUT2D eigenvalue weighted by Crippen LogP contribution is -2.47. The van der Waals surface area contributed by atoms with Gasteiger partial charge >= 0.3 is 5.97 Å². The molecule has 0 saturated heterocycles. The summed E-state index contributed by atoms with van der Waals surface area (Å²) < 4.78 is 10.7. The van der Waals surface area contributed by atoms with Crippen LogP contribution in [0.15, 0.2) is 0 Å². The van der Waals surface area contributed by atoms with Gasteiger partial charge in [0.05, 0.1) is 19.3 Å². The quantitative estimate of drug-likeness (QED) is 0.554. The van der Waals surface area contributed by atoms with E-state index in [2.05, 4.69) is 5.32 Å². The highest BCUT2D eigenvalue weighted by atomic mass is 16.5. The average molecular weight is 261 g/mol. The molecule has 0 amide bonds. The molecule has 2 N–H and O–H groups in total. The van der Waals surface area contributed by atoms with Gasteiger partial charge < -0.3 is 19.9 Å². The zero-order valence-corrected chi connectivity index (χ0v) is 12.0. The van der Waals surface area contributed by atoms with Crippen LogP contribution in [0.5, 0.6) is 0 Å². The van der Waals surface area contributed by atoms with Gasteiger partial charge in [0, 0.05) is 6.61 Å². The minimum absolute atomic E-state index is 0.237. The number of hydrogen-bond donors (Lipinski definition) is 2. The molecule has 0 aliphatic carbocycles. The van der Waals surface area contributed by atoms with Crippen LogP contribution in [0.3, 0.4) is 0 Å². The maximum atomic E-state index is 11.0. The van der Waals surface area contributed by atoms with Crippen LogP contribution in [-0.4, -0.2) is 49.6 Å². The van der Waals surface area contributed by atoms with E-state index in [0.717, 1.165) is 12.8 Å². The van der Waals surface area contributed by atoms with Crippen LogP contribution in [0.25, 0.3) is 0 Å². The molecule has 5 heteroatoms. The first-order chi connectivity index (χ1) is 8.42. The van der Waals surface area contributed by atoms with Crippen molar-refractivity contribution in [1.29, 1.82) is 0 Å². The predicted octanol–water partition coefficient (Wildman–Crippen LogP) is 1.66. The summed E-state index contributed by atoms with van der Waals surface area (Å²) in [5.74, 6) is -0.809. The van der Waals surface area contributed by atoms with Gasteiger partial charge in [0.25, 0.3) is 0 Å². The Kier molecular flexibility index (Phi) is 8.97. The molecule has 5 nitrogen and oxygen atoms in total. The lowest BCUT2D eigenvalue weighted by Gasteiger charge is -2.23. The van der Waals surface area contributed by atoms with E-state index >= 15 is 0 Å². The fourth-order valence-corrected chi connectivity index (χ4v) is 1.47. The molecule has 18 heavy (non-hydrogen) atoms. The molecule has 1 atom stereocenters. The number of ether oxygens (including phenoxy) is 2. The van der Waals surface area contributed by atoms with Crippen LogP contribution in [0.2, 0.25) is 0 Å². The minimum Gasteiger partial charge on any atom is -0.480 e. The number of rotatable bonds is 11. The fraction of sp³-hybridized carbons (Fsp3) is 0.923. The Morgan fingerprint density at radius 1 is 1.28 bits per heavy atom. The molecule has 0 bridgehead atoms. The van der Waals surface area contributed by atoms with Crippen molar-refractivity contribution in [3.8, 4) is 0 Å². The topological polar surface area (TPSA) is 67.8 Å². The molecule has 0 aliphatic heterocycles. The second-order valence-corrected chi connectivity index (χ2v) is 4.88. The third-order valence-electron chi connectivity index (χ3n) is 2.92. The lowest BCUT2D eigenvalue weighted by molar-refractivity contribution is -0.144. The van der Waals surface area contributed by atoms with Crippen molar-refractivity contribution in [2.24, 2.45) is 0 Å². The molecular weight excluding hydrogens is 234 g/mol. The fourth-order valence-electron chi connectivity index (χ4n) is 1.47. The molecule has 0 rings (SSSR count). The highest BCUT2D eigenvalue weighted by Crippen LogP contribution is 2.13. The number of likely N-dealkylation sites (N-methyl/N-ethyl adjacent to an activating group) is 1. The third kappa shape index (κ3) is 7.63. The van der Waals surface area contributed by atoms with E-state index in [-0.39, 0.29) is 6.10 Å². The van der Waals surface area contributed by atoms with E-state index < -0.39 is 11.5 Å². The van der Waals surface area contributed by atoms with Gasteiger partial charge in [-0.25, -0.2) is 0 Å². The maximum Gasteiger partial charge on any atom is 0.323 e. The summed E-state index contributed by atoms with van der Waals surface area (Å²) in [6.07, 6.45) is 2.53. The standard InChI is InChI=1S/C13H27NO4/c1-11(2)18-10-9-17-8-6-5-7-13(3,14-4)12(15)16/h11,14H,5-10H2,1-4H3,(H,15,16). The highest BCUT2D eigenvalue weighted by Gasteiger charge is 2.29. The summed E-state index contributed by atoms with van der Waals surface area (Å²) >= 11 is 0. The zero-order chi connectivity index (χ0) is 14.0. The van der Waals surface area contributed by atoms with Crippen molar-refractivity contribution >= 4 is 5.97 Å². The monoisotopic (exact) mass is 261 g/mol. The summed E-state index contributed by atoms with van der Waals surface area (Å²) in [5, 5.41) is 11.9. The van der Waals surface area contributed by atoms with Crippen molar-refractivity contribution in [2.45, 2.75) is 51.7 Å². The number of carboxylic acids is 1. The van der Waals surface area contributed by atoms with Gasteiger partial charge in [-0.1, -0.05) is 0 Å². The molecule has 0 aliphatic rings. The normalized spacial score (nSPS) is 14.7. The molecule has 0 radical (unpaired) electrons. The van der Waals surface area contributed by atoms with Gasteiger partial charge in [-0.2, -0.15) is 0 Å². The molecule has 0 heterocycles. The summed E-state index contributed by atoms with van der Waals surface area (Å²) in [7, 11) is 1.67. The minimum atomic E-state index is -0.833. The number of aliphatic carboxylic acids is 1. The zero-order valence-electron chi connectivity index (χ0n) is 12.0. The Morgan fingerprint density at radius 2 is 1.94 bits per heavy atom. The van der Waals surface area contributed by atoms with Crippen molar-refractivity contribution in [3.63, 3.8) is 0 Å². The van der Waals surface area contributed by atoms with Crippen LogP contribution in [0, 0.1) is 0 Å². The average Bonchev–Trinajstić information content (AvgIpc) is 2.31. The third-order valence-corrected chi connectivity index (χ3v) is 2.92. The van der Waals surface area contributed by atoms with E-state index in [1.54, 1.807) is 14.0 Å². The van der Waals surface area contributed by atoms with Gasteiger partial charge in [-0.3, -0.25) is 4.79 Å². The van der Waals surface area contributed by atoms with Gasteiger partial charge in [0.1, 0.15) is 5.54 Å². The van der Waals surface area contributed by atoms with Crippen molar-refractivity contribution in [3.05, 3.63) is 0 Å². The first-order valence-corrected chi connectivity index (χ1v) is 6.54. The van der Waals surface area contributed by atoms with Gasteiger partial charge in [-0.05, 0) is 47.1 Å². The van der Waals surface area contributed by atoms with Crippen LogP contribution in [-0.2, 0) is 14.3 Å². The molecule has 0 aromatic heterocycles. The first-order valence-electron chi connectivity index (χ1n) is 6.54. The van der Waals surface area contributed by atoms with Crippen LogP contribution in [0.1, 0.15) is 40.0 Å². The van der Waals surface area contributed by atoms with Crippen molar-refractivity contribution in [1.82, 2.24) is 5.32 Å². The van der Waals surface area contributed by atoms with E-state index in [1.807, 2.05) is 13.8 Å². The second-order valence-electron chi connectivity index (χ2n) is 4.88. The number of nitrogens with one attached hydrogen (secondary N) is 1. The molecule has 1 unspecified atom stereocenters. The van der Waals surface area contributed by atoms with Gasteiger partial charge in [0.2, 0.25) is 0 Å². The highest BCUT2D eigenvalue weighted by molar-refractivity contribution is 5.78. The van der Waals surface area contributed by atoms with Crippen LogP contribution in [0.4, 0.5) is 0 Å². The first kappa shape index (κ1) is 17.4. The summed E-state index contributed by atoms with van der Waals surface area (Å²) in [5.41, 5.74) is -0.833. The summed E-state index contributed by atoms with van der Waals surface area (Å²) in [6, 6.07) is 0. The predicted molar refractivity (Wildman–Crippen MR) is 70.9 cm³/mol. The largest absolute Gasteiger partial charge is 0.480 e. The van der Waals surface area contributed by atoms with E-state index in [9.17, 15) is 4.79 Å². The Balaban J connectivity index is 3.48. The van der Waals surface area contributed by atoms with E-state index in [1.165, 1.54) is 0 Å². The Labute approximate surface area is 110 Å². The molecule has 0 spiro atoms. The summed E-state index contributed by atoms with van der Waals surface area (Å²) in [6.45, 7) is 7.55. The number of unbranched alkanes of at least 4 members (excludes halogenated alkanes) is 1. The van der Waals surface area contributed by atoms with E-state index in [0.29, 0.717) is 26.2 Å². The van der Waals surface area contributed by atoms with Crippen molar-refractivity contribution < 1.29 is 19.4 Å². The molecule has 0 aromatic rings. The molecular formula is C13H27NO4. The van der Waals surface area contributed by atoms with Crippen molar-refractivity contribution in [2.75, 3.05) is 26.9 Å². The maximum absolute atomic E-state index is 11.0. The van der Waals surface area contributed by atoms with Crippen LogP contribution < -0.4 is 5.32 Å². The lowest BCUT2D eigenvalue weighted by atomic mass is 9.95. The van der Waals surface area contributed by atoms with Gasteiger partial charge in [0.15, 0.2) is 0 Å². The number of hydrogen-bond acceptors (Lipinski definition) is 4. The molecule has 0 aromatic carbocycles. The van der Waals surface area contributed by atoms with Gasteiger partial charge in [-0.15, -0.1) is 0 Å². The molecule has 0 saturated carbocycles. The smallest absolute Gasteiger partial charge is 0.323 e. The SMILES string of the molecule is CNC(C)(CCCCOCCOC(C)C)C(=O)O. The summed E-state index contributed by atoms with van der Waals surface area (Å²) in [4.78, 5) is 11.0.